The minimum atomic E-state index is -0.308. The van der Waals surface area contributed by atoms with Crippen LogP contribution in [0.15, 0.2) is 61.2 Å². The summed E-state index contributed by atoms with van der Waals surface area (Å²) in [7, 11) is 0. The van der Waals surface area contributed by atoms with E-state index in [0.29, 0.717) is 17.3 Å². The van der Waals surface area contributed by atoms with Gasteiger partial charge >= 0.3 is 0 Å². The molecule has 0 saturated carbocycles. The molecule has 106 valence electrons. The smallest absolute Gasteiger partial charge is 0.125 e. The van der Waals surface area contributed by atoms with Crippen LogP contribution < -0.4 is 5.32 Å². The van der Waals surface area contributed by atoms with Gasteiger partial charge in [0.2, 0.25) is 0 Å². The predicted molar refractivity (Wildman–Crippen MR) is 82.3 cm³/mol. The van der Waals surface area contributed by atoms with Crippen molar-refractivity contribution in [2.24, 2.45) is 0 Å². The second-order valence-electron chi connectivity index (χ2n) is 4.61. The molecule has 0 aliphatic heterocycles. The van der Waals surface area contributed by atoms with Crippen molar-refractivity contribution in [3.05, 3.63) is 77.6 Å². The third-order valence-electron chi connectivity index (χ3n) is 3.15. The molecule has 0 radical (unpaired) electrons. The zero-order valence-electron chi connectivity index (χ0n) is 11.1. The monoisotopic (exact) mass is 301 g/mol. The zero-order valence-corrected chi connectivity index (χ0v) is 11.9. The number of nitrogens with one attached hydrogen (secondary N) is 1. The van der Waals surface area contributed by atoms with E-state index in [-0.39, 0.29) is 5.82 Å². The number of hydrogen-bond donors (Lipinski definition) is 1. The van der Waals surface area contributed by atoms with Crippen LogP contribution in [0.25, 0.3) is 5.69 Å². The quantitative estimate of drug-likeness (QED) is 0.779. The number of rotatable bonds is 4. The van der Waals surface area contributed by atoms with Gasteiger partial charge in [-0.1, -0.05) is 23.7 Å². The predicted octanol–water partition coefficient (Wildman–Crippen LogP) is 4.28. The summed E-state index contributed by atoms with van der Waals surface area (Å²) in [5, 5.41) is 3.64. The van der Waals surface area contributed by atoms with E-state index in [1.165, 1.54) is 12.1 Å². The van der Waals surface area contributed by atoms with Gasteiger partial charge in [-0.05, 0) is 35.9 Å². The van der Waals surface area contributed by atoms with E-state index >= 15 is 0 Å². The molecule has 21 heavy (non-hydrogen) atoms. The Morgan fingerprint density at radius 3 is 2.67 bits per heavy atom. The number of aromatic nitrogens is 2. The Balaban J connectivity index is 1.70. The number of imidazole rings is 1. The number of halogens is 2. The van der Waals surface area contributed by atoms with Gasteiger partial charge in [-0.25, -0.2) is 9.37 Å². The van der Waals surface area contributed by atoms with Crippen molar-refractivity contribution in [1.82, 2.24) is 9.55 Å². The Morgan fingerprint density at radius 2 is 1.95 bits per heavy atom. The van der Waals surface area contributed by atoms with Crippen molar-refractivity contribution in [2.75, 3.05) is 5.32 Å². The average Bonchev–Trinajstić information content (AvgIpc) is 3.03. The molecular weight excluding hydrogens is 289 g/mol. The van der Waals surface area contributed by atoms with Gasteiger partial charge in [-0.3, -0.25) is 0 Å². The molecule has 0 unspecified atom stereocenters. The van der Waals surface area contributed by atoms with Crippen molar-refractivity contribution in [3.8, 4) is 5.69 Å². The fourth-order valence-corrected chi connectivity index (χ4v) is 2.21. The minimum Gasteiger partial charge on any atom is -0.380 e. The van der Waals surface area contributed by atoms with Gasteiger partial charge in [0.05, 0.1) is 17.0 Å². The molecule has 2 aromatic carbocycles. The number of nitrogens with zero attached hydrogens (tertiary/aromatic N) is 2. The van der Waals surface area contributed by atoms with Crippen LogP contribution in [0.2, 0.25) is 5.02 Å². The highest BCUT2D eigenvalue weighted by Crippen LogP contribution is 2.23. The summed E-state index contributed by atoms with van der Waals surface area (Å²) in [5.41, 5.74) is 2.72. The van der Waals surface area contributed by atoms with E-state index in [4.69, 9.17) is 11.6 Å². The number of anilines is 1. The standard InChI is InChI=1S/C16H13ClFN3/c17-15-6-3-13(18)9-16(15)20-10-12-1-4-14(5-2-12)21-8-7-19-11-21/h1-9,11,20H,10H2. The maximum absolute atomic E-state index is 13.2. The molecule has 5 heteroatoms. The summed E-state index contributed by atoms with van der Waals surface area (Å²) in [4.78, 5) is 4.02. The van der Waals surface area contributed by atoms with E-state index in [0.717, 1.165) is 11.3 Å². The van der Waals surface area contributed by atoms with Gasteiger partial charge in [-0.15, -0.1) is 0 Å². The highest BCUT2D eigenvalue weighted by atomic mass is 35.5. The minimum absolute atomic E-state index is 0.308. The molecule has 0 bridgehead atoms. The summed E-state index contributed by atoms with van der Waals surface area (Å²) in [6, 6.07) is 12.3. The van der Waals surface area contributed by atoms with Gasteiger partial charge in [0.25, 0.3) is 0 Å². The largest absolute Gasteiger partial charge is 0.380 e. The Hall–Kier alpha value is -2.33. The first-order valence-corrected chi connectivity index (χ1v) is 6.86. The second-order valence-corrected chi connectivity index (χ2v) is 5.02. The third-order valence-corrected chi connectivity index (χ3v) is 3.48. The molecule has 3 nitrogen and oxygen atoms in total. The molecular formula is C16H13ClFN3. The van der Waals surface area contributed by atoms with Crippen molar-refractivity contribution in [3.63, 3.8) is 0 Å². The van der Waals surface area contributed by atoms with Crippen molar-refractivity contribution in [2.45, 2.75) is 6.54 Å². The molecule has 0 atom stereocenters. The number of hydrogen-bond acceptors (Lipinski definition) is 2. The maximum atomic E-state index is 13.2. The van der Waals surface area contributed by atoms with Crippen LogP contribution in [0.5, 0.6) is 0 Å². The van der Waals surface area contributed by atoms with Crippen LogP contribution >= 0.6 is 11.6 Å². The molecule has 0 aliphatic carbocycles. The van der Waals surface area contributed by atoms with E-state index in [9.17, 15) is 4.39 Å². The fraction of sp³-hybridized carbons (Fsp3) is 0.0625. The summed E-state index contributed by atoms with van der Waals surface area (Å²) < 4.78 is 15.1. The molecule has 0 spiro atoms. The fourth-order valence-electron chi connectivity index (χ4n) is 2.03. The van der Waals surface area contributed by atoms with E-state index in [1.54, 1.807) is 18.6 Å². The lowest BCUT2D eigenvalue weighted by Gasteiger charge is -2.09. The lowest BCUT2D eigenvalue weighted by atomic mass is 10.2. The average molecular weight is 302 g/mol. The Kier molecular flexibility index (Phi) is 3.88. The van der Waals surface area contributed by atoms with Gasteiger partial charge in [0.1, 0.15) is 5.82 Å². The van der Waals surface area contributed by atoms with Crippen LogP contribution in [0.3, 0.4) is 0 Å². The molecule has 1 N–H and O–H groups in total. The van der Waals surface area contributed by atoms with Crippen molar-refractivity contribution < 1.29 is 4.39 Å². The molecule has 1 aromatic heterocycles. The third kappa shape index (κ3) is 3.23. The van der Waals surface area contributed by atoms with Crippen LogP contribution in [0.1, 0.15) is 5.56 Å². The molecule has 0 amide bonds. The van der Waals surface area contributed by atoms with Gasteiger partial charge in [0, 0.05) is 24.6 Å². The van der Waals surface area contributed by atoms with Crippen LogP contribution in [-0.4, -0.2) is 9.55 Å². The highest BCUT2D eigenvalue weighted by molar-refractivity contribution is 6.33. The van der Waals surface area contributed by atoms with Gasteiger partial charge < -0.3 is 9.88 Å². The van der Waals surface area contributed by atoms with Crippen LogP contribution in [-0.2, 0) is 6.54 Å². The topological polar surface area (TPSA) is 29.9 Å². The highest BCUT2D eigenvalue weighted by Gasteiger charge is 2.02. The van der Waals surface area contributed by atoms with E-state index in [2.05, 4.69) is 10.3 Å². The lowest BCUT2D eigenvalue weighted by Crippen LogP contribution is -2.01. The molecule has 3 aromatic rings. The Morgan fingerprint density at radius 1 is 1.14 bits per heavy atom. The second kappa shape index (κ2) is 5.97. The first-order chi connectivity index (χ1) is 10.2. The van der Waals surface area contributed by atoms with Gasteiger partial charge in [-0.2, -0.15) is 0 Å². The summed E-state index contributed by atoms with van der Waals surface area (Å²) >= 11 is 6.02. The normalized spacial score (nSPS) is 10.6. The van der Waals surface area contributed by atoms with Crippen molar-refractivity contribution in [1.29, 1.82) is 0 Å². The maximum Gasteiger partial charge on any atom is 0.125 e. The molecule has 1 heterocycles. The summed E-state index contributed by atoms with van der Waals surface area (Å²) in [5.74, 6) is -0.308. The zero-order chi connectivity index (χ0) is 14.7. The molecule has 0 fully saturated rings. The first-order valence-electron chi connectivity index (χ1n) is 6.48. The Bertz CT molecular complexity index is 724. The molecule has 3 rings (SSSR count). The van der Waals surface area contributed by atoms with Gasteiger partial charge in [0.15, 0.2) is 0 Å². The van der Waals surface area contributed by atoms with E-state index in [1.807, 2.05) is 35.0 Å². The van der Waals surface area contributed by atoms with Crippen LogP contribution in [0, 0.1) is 5.82 Å². The first kappa shape index (κ1) is 13.6. The summed E-state index contributed by atoms with van der Waals surface area (Å²) in [6.07, 6.45) is 5.38. The SMILES string of the molecule is Fc1ccc(Cl)c(NCc2ccc(-n3ccnc3)cc2)c1. The Labute approximate surface area is 127 Å². The molecule has 0 aliphatic rings. The van der Waals surface area contributed by atoms with Crippen LogP contribution in [0.4, 0.5) is 10.1 Å². The van der Waals surface area contributed by atoms with E-state index < -0.39 is 0 Å². The number of benzene rings is 2. The molecule has 0 saturated heterocycles. The summed E-state index contributed by atoms with van der Waals surface area (Å²) in [6.45, 7) is 0.577. The van der Waals surface area contributed by atoms with Crippen molar-refractivity contribution >= 4 is 17.3 Å². The lowest BCUT2D eigenvalue weighted by molar-refractivity contribution is 0.628.